The summed E-state index contributed by atoms with van der Waals surface area (Å²) in [5.74, 6) is -3.22. The molecular weight excluding hydrogens is 311 g/mol. The molecule has 1 aliphatic heterocycles. The molecule has 0 spiro atoms. The van der Waals surface area contributed by atoms with Crippen molar-refractivity contribution in [2.75, 3.05) is 12.3 Å². The minimum Gasteiger partial charge on any atom is -0.478 e. The quantitative estimate of drug-likeness (QED) is 0.862. The van der Waals surface area contributed by atoms with Crippen LogP contribution in [0.4, 0.5) is 13.2 Å². The Morgan fingerprint density at radius 3 is 2.38 bits per heavy atom. The highest BCUT2D eigenvalue weighted by molar-refractivity contribution is 8.00. The molecule has 0 radical (unpaired) electrons. The van der Waals surface area contributed by atoms with E-state index in [-0.39, 0.29) is 35.0 Å². The summed E-state index contributed by atoms with van der Waals surface area (Å²) in [7, 11) is 0. The number of aromatic carboxylic acids is 1. The van der Waals surface area contributed by atoms with Crippen molar-refractivity contribution in [3.8, 4) is 0 Å². The van der Waals surface area contributed by atoms with Crippen LogP contribution in [0.1, 0.15) is 31.1 Å². The largest absolute Gasteiger partial charge is 0.478 e. The highest BCUT2D eigenvalue weighted by Crippen LogP contribution is 2.31. The van der Waals surface area contributed by atoms with Gasteiger partial charge in [-0.25, -0.2) is 4.79 Å². The topological polar surface area (TPSA) is 74.7 Å². The van der Waals surface area contributed by atoms with E-state index >= 15 is 0 Å². The molecule has 0 unspecified atom stereocenters. The van der Waals surface area contributed by atoms with Gasteiger partial charge in [0.1, 0.15) is 0 Å². The van der Waals surface area contributed by atoms with Gasteiger partial charge >= 0.3 is 11.5 Å². The predicted octanol–water partition coefficient (Wildman–Crippen LogP) is 2.23. The zero-order valence-electron chi connectivity index (χ0n) is 10.3. The maximum Gasteiger partial charge on any atom is 0.441 e. The summed E-state index contributed by atoms with van der Waals surface area (Å²) in [4.78, 5) is 35.4. The number of carbonyl (C=O) groups is 3. The van der Waals surface area contributed by atoms with Crippen LogP contribution in [0, 0.1) is 0 Å². The maximum atomic E-state index is 12.0. The van der Waals surface area contributed by atoms with E-state index < -0.39 is 29.0 Å². The molecule has 0 fully saturated rings. The highest BCUT2D eigenvalue weighted by atomic mass is 32.2. The summed E-state index contributed by atoms with van der Waals surface area (Å²) in [6.45, 7) is -0.390. The lowest BCUT2D eigenvalue weighted by molar-refractivity contribution is -0.0329. The van der Waals surface area contributed by atoms with E-state index in [1.165, 1.54) is 12.1 Å². The van der Waals surface area contributed by atoms with Crippen LogP contribution in [0.15, 0.2) is 18.2 Å². The molecule has 1 N–H and O–H groups in total. The number of nitrogens with zero attached hydrogens (tertiary/aromatic N) is 1. The van der Waals surface area contributed by atoms with Gasteiger partial charge in [0.25, 0.3) is 11.8 Å². The number of imide groups is 1. The van der Waals surface area contributed by atoms with E-state index in [0.29, 0.717) is 4.90 Å². The highest BCUT2D eigenvalue weighted by Gasteiger charge is 2.37. The van der Waals surface area contributed by atoms with Crippen molar-refractivity contribution >= 4 is 29.5 Å². The summed E-state index contributed by atoms with van der Waals surface area (Å²) in [5.41, 5.74) is -4.70. The first-order chi connectivity index (χ1) is 9.70. The SMILES string of the molecule is O=C(O)c1ccc2c(c1)C(=O)N(CCSC(F)(F)F)C2=O. The second-order valence-electron chi connectivity index (χ2n) is 4.12. The van der Waals surface area contributed by atoms with Crippen molar-refractivity contribution in [3.05, 3.63) is 34.9 Å². The molecule has 0 saturated heterocycles. The Bertz CT molecular complexity index is 629. The van der Waals surface area contributed by atoms with Gasteiger partial charge in [0, 0.05) is 12.3 Å². The van der Waals surface area contributed by atoms with Crippen molar-refractivity contribution in [2.24, 2.45) is 0 Å². The third-order valence-corrected chi connectivity index (χ3v) is 3.51. The molecule has 1 aliphatic rings. The molecule has 21 heavy (non-hydrogen) atoms. The van der Waals surface area contributed by atoms with Gasteiger partial charge in [-0.2, -0.15) is 13.2 Å². The van der Waals surface area contributed by atoms with E-state index in [1.807, 2.05) is 0 Å². The molecule has 112 valence electrons. The molecule has 0 aromatic heterocycles. The Balaban J connectivity index is 2.16. The van der Waals surface area contributed by atoms with E-state index in [2.05, 4.69) is 0 Å². The lowest BCUT2D eigenvalue weighted by Crippen LogP contribution is -2.32. The van der Waals surface area contributed by atoms with E-state index in [1.54, 1.807) is 0 Å². The molecule has 5 nitrogen and oxygen atoms in total. The minimum atomic E-state index is -4.44. The van der Waals surface area contributed by atoms with Crippen LogP contribution in [0.25, 0.3) is 0 Å². The number of thioether (sulfide) groups is 1. The molecule has 0 atom stereocenters. The van der Waals surface area contributed by atoms with Crippen molar-refractivity contribution in [2.45, 2.75) is 5.51 Å². The molecule has 2 rings (SSSR count). The average Bonchev–Trinajstić information content (AvgIpc) is 2.62. The lowest BCUT2D eigenvalue weighted by atomic mass is 10.1. The van der Waals surface area contributed by atoms with Gasteiger partial charge < -0.3 is 5.11 Å². The molecule has 0 saturated carbocycles. The van der Waals surface area contributed by atoms with Crippen LogP contribution in [-0.2, 0) is 0 Å². The first-order valence-electron chi connectivity index (χ1n) is 5.65. The van der Waals surface area contributed by atoms with Crippen LogP contribution in [-0.4, -0.2) is 45.6 Å². The standard InChI is InChI=1S/C12H8F3NO4S/c13-12(14,15)21-4-3-16-9(17)7-2-1-6(11(19)20)5-8(7)10(16)18/h1-2,5H,3-4H2,(H,19,20). The number of carbonyl (C=O) groups excluding carboxylic acids is 2. The molecule has 1 aromatic rings. The first kappa shape index (κ1) is 15.4. The fourth-order valence-corrected chi connectivity index (χ4v) is 2.38. The predicted molar refractivity (Wildman–Crippen MR) is 67.3 cm³/mol. The lowest BCUT2D eigenvalue weighted by Gasteiger charge is -2.13. The van der Waals surface area contributed by atoms with E-state index in [0.717, 1.165) is 6.07 Å². The van der Waals surface area contributed by atoms with E-state index in [4.69, 9.17) is 5.11 Å². The fraction of sp³-hybridized carbons (Fsp3) is 0.250. The van der Waals surface area contributed by atoms with Crippen LogP contribution in [0.2, 0.25) is 0 Å². The summed E-state index contributed by atoms with van der Waals surface area (Å²) in [5, 5.41) is 8.83. The van der Waals surface area contributed by atoms with Gasteiger partial charge in [-0.05, 0) is 30.0 Å². The molecule has 0 bridgehead atoms. The number of carboxylic acids is 1. The minimum absolute atomic E-state index is 0.00186. The molecule has 1 aromatic carbocycles. The molecule has 1 heterocycles. The van der Waals surface area contributed by atoms with Crippen LogP contribution in [0.3, 0.4) is 0 Å². The Morgan fingerprint density at radius 1 is 1.19 bits per heavy atom. The van der Waals surface area contributed by atoms with Crippen LogP contribution >= 0.6 is 11.8 Å². The molecule has 9 heteroatoms. The van der Waals surface area contributed by atoms with E-state index in [9.17, 15) is 27.6 Å². The second kappa shape index (κ2) is 5.40. The first-order valence-corrected chi connectivity index (χ1v) is 6.63. The normalized spacial score (nSPS) is 14.5. The number of carboxylic acid groups (broad SMARTS) is 1. The number of fused-ring (bicyclic) bond motifs is 1. The number of alkyl halides is 3. The molecule has 0 aliphatic carbocycles. The van der Waals surface area contributed by atoms with Crippen LogP contribution < -0.4 is 0 Å². The summed E-state index contributed by atoms with van der Waals surface area (Å²) in [6, 6.07) is 3.41. The van der Waals surface area contributed by atoms with Gasteiger partial charge in [-0.3, -0.25) is 14.5 Å². The van der Waals surface area contributed by atoms with Gasteiger partial charge in [-0.1, -0.05) is 0 Å². The van der Waals surface area contributed by atoms with Gasteiger partial charge in [0.05, 0.1) is 16.7 Å². The average molecular weight is 319 g/mol. The smallest absolute Gasteiger partial charge is 0.441 e. The third-order valence-electron chi connectivity index (χ3n) is 2.80. The van der Waals surface area contributed by atoms with Crippen molar-refractivity contribution in [1.82, 2.24) is 4.90 Å². The van der Waals surface area contributed by atoms with Crippen LogP contribution in [0.5, 0.6) is 0 Å². The van der Waals surface area contributed by atoms with Gasteiger partial charge in [0.2, 0.25) is 0 Å². The number of amides is 2. The zero-order valence-corrected chi connectivity index (χ0v) is 11.1. The molecular formula is C12H8F3NO4S. The Hall–Kier alpha value is -2.03. The Morgan fingerprint density at radius 2 is 1.81 bits per heavy atom. The monoisotopic (exact) mass is 319 g/mol. The second-order valence-corrected chi connectivity index (χ2v) is 5.28. The van der Waals surface area contributed by atoms with Gasteiger partial charge in [0.15, 0.2) is 0 Å². The van der Waals surface area contributed by atoms with Crippen molar-refractivity contribution < 1.29 is 32.7 Å². The summed E-state index contributed by atoms with van der Waals surface area (Å²) >= 11 is -0.329. The number of benzene rings is 1. The summed E-state index contributed by atoms with van der Waals surface area (Å²) < 4.78 is 36.1. The number of rotatable bonds is 4. The number of hydrogen-bond donors (Lipinski definition) is 1. The number of halogens is 3. The van der Waals surface area contributed by atoms with Gasteiger partial charge in [-0.15, -0.1) is 0 Å². The molecule has 2 amide bonds. The maximum absolute atomic E-state index is 12.0. The number of hydrogen-bond acceptors (Lipinski definition) is 4. The Kier molecular flexibility index (Phi) is 3.95. The Labute approximate surface area is 120 Å². The van der Waals surface area contributed by atoms with Crippen molar-refractivity contribution in [1.29, 1.82) is 0 Å². The third kappa shape index (κ3) is 3.18. The summed E-state index contributed by atoms with van der Waals surface area (Å²) in [6.07, 6.45) is 0. The van der Waals surface area contributed by atoms with Crippen molar-refractivity contribution in [3.63, 3.8) is 0 Å². The fourth-order valence-electron chi connectivity index (χ4n) is 1.88. The zero-order chi connectivity index (χ0) is 15.8.